The molecule has 114 valence electrons. The molecular weight excluding hydrogens is 298 g/mol. The number of hydrogen-bond donors (Lipinski definition) is 4. The van der Waals surface area contributed by atoms with E-state index in [0.717, 1.165) is 0 Å². The van der Waals surface area contributed by atoms with Crippen LogP contribution in [-0.4, -0.2) is 28.6 Å². The molecule has 1 aromatic rings. The summed E-state index contributed by atoms with van der Waals surface area (Å²) in [6.45, 7) is 3.24. The summed E-state index contributed by atoms with van der Waals surface area (Å²) in [4.78, 5) is 33.9. The molecule has 0 aliphatic rings. The van der Waals surface area contributed by atoms with Crippen molar-refractivity contribution in [3.05, 3.63) is 28.8 Å². The van der Waals surface area contributed by atoms with Gasteiger partial charge in [0.15, 0.2) is 0 Å². The van der Waals surface area contributed by atoms with Crippen LogP contribution in [0.3, 0.4) is 0 Å². The average molecular weight is 314 g/mol. The van der Waals surface area contributed by atoms with Gasteiger partial charge in [-0.25, -0.2) is 9.59 Å². The zero-order valence-electron chi connectivity index (χ0n) is 11.6. The number of primary amides is 1. The number of benzene rings is 1. The quantitative estimate of drug-likeness (QED) is 0.662. The number of aromatic carboxylic acids is 1. The predicted molar refractivity (Wildman–Crippen MR) is 78.5 cm³/mol. The number of urea groups is 1. The number of carboxylic acid groups (broad SMARTS) is 1. The van der Waals surface area contributed by atoms with Crippen molar-refractivity contribution in [2.45, 2.75) is 25.8 Å². The molecule has 0 unspecified atom stereocenters. The fourth-order valence-electron chi connectivity index (χ4n) is 1.75. The fourth-order valence-corrected chi connectivity index (χ4v) is 1.92. The normalized spacial score (nSPS) is 10.8. The number of amides is 3. The lowest BCUT2D eigenvalue weighted by molar-refractivity contribution is -0.119. The molecule has 5 N–H and O–H groups in total. The van der Waals surface area contributed by atoms with E-state index < -0.39 is 23.4 Å². The van der Waals surface area contributed by atoms with Crippen LogP contribution in [0.1, 0.15) is 30.6 Å². The highest BCUT2D eigenvalue weighted by Crippen LogP contribution is 2.21. The van der Waals surface area contributed by atoms with Gasteiger partial charge in [0.2, 0.25) is 5.91 Å². The molecule has 0 atom stereocenters. The average Bonchev–Trinajstić information content (AvgIpc) is 2.24. The topological polar surface area (TPSA) is 122 Å². The van der Waals surface area contributed by atoms with E-state index in [1.54, 1.807) is 13.8 Å². The van der Waals surface area contributed by atoms with Crippen molar-refractivity contribution in [1.29, 1.82) is 0 Å². The molecule has 7 nitrogen and oxygen atoms in total. The van der Waals surface area contributed by atoms with Crippen molar-refractivity contribution in [3.8, 4) is 0 Å². The largest absolute Gasteiger partial charge is 0.478 e. The third-order valence-corrected chi connectivity index (χ3v) is 2.76. The second-order valence-corrected chi connectivity index (χ2v) is 5.54. The molecule has 0 heterocycles. The summed E-state index contributed by atoms with van der Waals surface area (Å²) < 4.78 is 0. The first-order valence-electron chi connectivity index (χ1n) is 6.01. The lowest BCUT2D eigenvalue weighted by Gasteiger charge is -2.25. The van der Waals surface area contributed by atoms with Gasteiger partial charge in [-0.1, -0.05) is 11.6 Å². The maximum Gasteiger partial charge on any atom is 0.337 e. The number of hydrogen-bond acceptors (Lipinski definition) is 3. The Hall–Kier alpha value is -2.28. The standard InChI is InChI=1S/C13H16ClN3O4/c1-13(2,6-10(15)18)17-12(21)16-9-5-7(14)3-4-8(9)11(19)20/h3-5H,6H2,1-2H3,(H2,15,18)(H,19,20)(H2,16,17,21). The van der Waals surface area contributed by atoms with Gasteiger partial charge in [-0.15, -0.1) is 0 Å². The van der Waals surface area contributed by atoms with Gasteiger partial charge in [0.1, 0.15) is 0 Å². The first-order chi connectivity index (χ1) is 9.60. The van der Waals surface area contributed by atoms with Gasteiger partial charge < -0.3 is 21.5 Å². The highest BCUT2D eigenvalue weighted by atomic mass is 35.5. The Labute approximate surface area is 126 Å². The van der Waals surface area contributed by atoms with Crippen molar-refractivity contribution in [2.24, 2.45) is 5.73 Å². The van der Waals surface area contributed by atoms with Crippen molar-refractivity contribution >= 4 is 35.2 Å². The van der Waals surface area contributed by atoms with Crippen LogP contribution in [0.2, 0.25) is 5.02 Å². The Morgan fingerprint density at radius 2 is 1.95 bits per heavy atom. The Morgan fingerprint density at radius 1 is 1.33 bits per heavy atom. The van der Waals surface area contributed by atoms with E-state index in [-0.39, 0.29) is 22.7 Å². The van der Waals surface area contributed by atoms with Gasteiger partial charge >= 0.3 is 12.0 Å². The van der Waals surface area contributed by atoms with E-state index in [9.17, 15) is 14.4 Å². The molecule has 3 amide bonds. The van der Waals surface area contributed by atoms with Gasteiger partial charge in [0.05, 0.1) is 11.3 Å². The third-order valence-electron chi connectivity index (χ3n) is 2.53. The van der Waals surface area contributed by atoms with Crippen molar-refractivity contribution in [1.82, 2.24) is 5.32 Å². The Balaban J connectivity index is 2.86. The maximum atomic E-state index is 11.9. The Kier molecular flexibility index (Phi) is 5.15. The minimum absolute atomic E-state index is 0.0538. The SMILES string of the molecule is CC(C)(CC(N)=O)NC(=O)Nc1cc(Cl)ccc1C(=O)O. The highest BCUT2D eigenvalue weighted by molar-refractivity contribution is 6.31. The number of carbonyl (C=O) groups excluding carboxylic acids is 2. The Bertz CT molecular complexity index is 587. The molecule has 0 radical (unpaired) electrons. The number of rotatable bonds is 5. The van der Waals surface area contributed by atoms with Crippen LogP contribution in [0.5, 0.6) is 0 Å². The van der Waals surface area contributed by atoms with Crippen molar-refractivity contribution in [2.75, 3.05) is 5.32 Å². The van der Waals surface area contributed by atoms with Crippen LogP contribution in [0.25, 0.3) is 0 Å². The number of anilines is 1. The predicted octanol–water partition coefficient (Wildman–Crippen LogP) is 1.81. The molecule has 1 rings (SSSR count). The molecule has 0 saturated heterocycles. The summed E-state index contributed by atoms with van der Waals surface area (Å²) in [7, 11) is 0. The van der Waals surface area contributed by atoms with E-state index in [2.05, 4.69) is 10.6 Å². The zero-order chi connectivity index (χ0) is 16.2. The Morgan fingerprint density at radius 3 is 2.48 bits per heavy atom. The van der Waals surface area contributed by atoms with Crippen LogP contribution in [0, 0.1) is 0 Å². The van der Waals surface area contributed by atoms with Crippen LogP contribution in [0.15, 0.2) is 18.2 Å². The molecule has 0 aliphatic heterocycles. The van der Waals surface area contributed by atoms with Crippen LogP contribution in [-0.2, 0) is 4.79 Å². The molecule has 0 aliphatic carbocycles. The van der Waals surface area contributed by atoms with E-state index in [1.807, 2.05) is 0 Å². The summed E-state index contributed by atoms with van der Waals surface area (Å²) in [5, 5.41) is 14.3. The molecule has 8 heteroatoms. The first-order valence-corrected chi connectivity index (χ1v) is 6.39. The maximum absolute atomic E-state index is 11.9. The number of halogens is 1. The molecule has 0 aromatic heterocycles. The molecule has 0 bridgehead atoms. The monoisotopic (exact) mass is 313 g/mol. The summed E-state index contributed by atoms with van der Waals surface area (Å²) in [6, 6.07) is 3.36. The highest BCUT2D eigenvalue weighted by Gasteiger charge is 2.23. The summed E-state index contributed by atoms with van der Waals surface area (Å²) in [5.41, 5.74) is 4.18. The van der Waals surface area contributed by atoms with Gasteiger partial charge in [-0.05, 0) is 32.0 Å². The second-order valence-electron chi connectivity index (χ2n) is 5.10. The molecular formula is C13H16ClN3O4. The van der Waals surface area contributed by atoms with Gasteiger partial charge in [-0.3, -0.25) is 4.79 Å². The number of carboxylic acids is 1. The molecule has 21 heavy (non-hydrogen) atoms. The minimum atomic E-state index is -1.20. The summed E-state index contributed by atoms with van der Waals surface area (Å²) in [6.07, 6.45) is -0.0538. The summed E-state index contributed by atoms with van der Waals surface area (Å²) >= 11 is 5.78. The van der Waals surface area contributed by atoms with E-state index in [0.29, 0.717) is 0 Å². The zero-order valence-corrected chi connectivity index (χ0v) is 12.3. The molecule has 0 saturated carbocycles. The molecule has 1 aromatic carbocycles. The van der Waals surface area contributed by atoms with Crippen LogP contribution >= 0.6 is 11.6 Å². The van der Waals surface area contributed by atoms with Crippen molar-refractivity contribution in [3.63, 3.8) is 0 Å². The first kappa shape index (κ1) is 16.8. The van der Waals surface area contributed by atoms with Gasteiger partial charge in [0, 0.05) is 17.0 Å². The number of nitrogens with two attached hydrogens (primary N) is 1. The van der Waals surface area contributed by atoms with Crippen LogP contribution in [0.4, 0.5) is 10.5 Å². The minimum Gasteiger partial charge on any atom is -0.478 e. The summed E-state index contributed by atoms with van der Waals surface area (Å²) in [5.74, 6) is -1.76. The van der Waals surface area contributed by atoms with Gasteiger partial charge in [0.25, 0.3) is 0 Å². The van der Waals surface area contributed by atoms with Crippen molar-refractivity contribution < 1.29 is 19.5 Å². The van der Waals surface area contributed by atoms with E-state index in [1.165, 1.54) is 18.2 Å². The number of carbonyl (C=O) groups is 3. The van der Waals surface area contributed by atoms with Crippen LogP contribution < -0.4 is 16.4 Å². The van der Waals surface area contributed by atoms with Gasteiger partial charge in [-0.2, -0.15) is 0 Å². The molecule has 0 fully saturated rings. The third kappa shape index (κ3) is 5.31. The molecule has 0 spiro atoms. The van der Waals surface area contributed by atoms with E-state index in [4.69, 9.17) is 22.4 Å². The lowest BCUT2D eigenvalue weighted by atomic mass is 10.0. The number of nitrogens with one attached hydrogen (secondary N) is 2. The van der Waals surface area contributed by atoms with E-state index >= 15 is 0 Å². The lowest BCUT2D eigenvalue weighted by Crippen LogP contribution is -2.47. The fraction of sp³-hybridized carbons (Fsp3) is 0.308. The smallest absolute Gasteiger partial charge is 0.337 e. The second kappa shape index (κ2) is 6.45.